The van der Waals surface area contributed by atoms with Crippen LogP contribution < -0.4 is 5.69 Å². The number of rotatable bonds is 4. The Hall–Kier alpha value is -1.56. The second-order valence-electron chi connectivity index (χ2n) is 4.29. The first-order valence-electron chi connectivity index (χ1n) is 4.99. The first-order chi connectivity index (χ1) is 7.25. The molecule has 1 unspecified atom stereocenters. The number of aliphatic carboxylic acids is 1. The predicted molar refractivity (Wildman–Crippen MR) is 57.3 cm³/mol. The van der Waals surface area contributed by atoms with Crippen LogP contribution in [0.5, 0.6) is 0 Å². The molecule has 0 fully saturated rings. The van der Waals surface area contributed by atoms with Crippen molar-refractivity contribution in [3.05, 3.63) is 22.9 Å². The fourth-order valence-corrected chi connectivity index (χ4v) is 1.34. The maximum Gasteiger partial charge on any atom is 0.337 e. The van der Waals surface area contributed by atoms with E-state index in [2.05, 4.69) is 0 Å². The molecule has 16 heavy (non-hydrogen) atoms. The molecule has 1 heterocycles. The maximum absolute atomic E-state index is 11.7. The molecular weight excluding hydrogens is 212 g/mol. The van der Waals surface area contributed by atoms with Crippen LogP contribution in [0.2, 0.25) is 0 Å². The van der Waals surface area contributed by atoms with Gasteiger partial charge in [-0.3, -0.25) is 9.13 Å². The van der Waals surface area contributed by atoms with Gasteiger partial charge < -0.3 is 10.2 Å². The average Bonchev–Trinajstić information content (AvgIpc) is 2.47. The number of hydrogen-bond donors (Lipinski definition) is 2. The summed E-state index contributed by atoms with van der Waals surface area (Å²) in [7, 11) is 0. The van der Waals surface area contributed by atoms with Crippen molar-refractivity contribution in [2.24, 2.45) is 0 Å². The largest absolute Gasteiger partial charge is 0.479 e. The van der Waals surface area contributed by atoms with E-state index in [4.69, 9.17) is 5.11 Å². The molecule has 1 rings (SSSR count). The Bertz CT molecular complexity index is 442. The summed E-state index contributed by atoms with van der Waals surface area (Å²) in [4.78, 5) is 22.4. The molecule has 6 heteroatoms. The molecule has 0 aromatic carbocycles. The Balaban J connectivity index is 3.00. The average molecular weight is 228 g/mol. The second-order valence-corrected chi connectivity index (χ2v) is 4.29. The Kier molecular flexibility index (Phi) is 3.23. The molecule has 6 nitrogen and oxygen atoms in total. The molecule has 0 bridgehead atoms. The summed E-state index contributed by atoms with van der Waals surface area (Å²) in [5, 5.41) is 18.3. The van der Waals surface area contributed by atoms with Crippen molar-refractivity contribution in [1.82, 2.24) is 9.13 Å². The lowest BCUT2D eigenvalue weighted by Crippen LogP contribution is -2.42. The highest BCUT2D eigenvalue weighted by atomic mass is 16.4. The highest BCUT2D eigenvalue weighted by Gasteiger charge is 2.31. The molecule has 0 saturated heterocycles. The minimum Gasteiger partial charge on any atom is -0.479 e. The first-order valence-corrected chi connectivity index (χ1v) is 4.99. The van der Waals surface area contributed by atoms with Gasteiger partial charge in [-0.2, -0.15) is 0 Å². The van der Waals surface area contributed by atoms with Gasteiger partial charge in [-0.25, -0.2) is 9.59 Å². The highest BCUT2D eigenvalue weighted by Crippen LogP contribution is 2.07. The molecule has 0 spiro atoms. The third-order valence-electron chi connectivity index (χ3n) is 2.37. The minimum absolute atomic E-state index is 0.00327. The van der Waals surface area contributed by atoms with E-state index in [9.17, 15) is 14.7 Å². The van der Waals surface area contributed by atoms with Crippen LogP contribution in [-0.2, 0) is 11.3 Å². The van der Waals surface area contributed by atoms with E-state index in [0.717, 1.165) is 6.92 Å². The third-order valence-corrected chi connectivity index (χ3v) is 2.37. The van der Waals surface area contributed by atoms with Crippen LogP contribution in [0.15, 0.2) is 17.2 Å². The minimum atomic E-state index is -1.94. The van der Waals surface area contributed by atoms with Crippen molar-refractivity contribution >= 4 is 5.97 Å². The number of carboxylic acids is 1. The van der Waals surface area contributed by atoms with Gasteiger partial charge in [-0.05, 0) is 20.8 Å². The molecule has 0 aliphatic heterocycles. The quantitative estimate of drug-likeness (QED) is 0.763. The highest BCUT2D eigenvalue weighted by molar-refractivity contribution is 5.76. The third kappa shape index (κ3) is 2.33. The lowest BCUT2D eigenvalue weighted by atomic mass is 10.1. The molecule has 0 aliphatic carbocycles. The molecular formula is C10H16N2O4. The Labute approximate surface area is 92.7 Å². The van der Waals surface area contributed by atoms with Crippen molar-refractivity contribution in [3.63, 3.8) is 0 Å². The summed E-state index contributed by atoms with van der Waals surface area (Å²) in [6, 6.07) is 0.00327. The van der Waals surface area contributed by atoms with E-state index in [0.29, 0.717) is 0 Å². The fraction of sp³-hybridized carbons (Fsp3) is 0.600. The van der Waals surface area contributed by atoms with Crippen molar-refractivity contribution < 1.29 is 15.0 Å². The van der Waals surface area contributed by atoms with Crippen molar-refractivity contribution in [3.8, 4) is 0 Å². The molecule has 0 amide bonds. The molecule has 1 aromatic heterocycles. The van der Waals surface area contributed by atoms with Gasteiger partial charge in [0.25, 0.3) is 0 Å². The van der Waals surface area contributed by atoms with E-state index in [-0.39, 0.29) is 18.3 Å². The van der Waals surface area contributed by atoms with Crippen LogP contribution in [0, 0.1) is 0 Å². The van der Waals surface area contributed by atoms with Crippen LogP contribution in [0.1, 0.15) is 26.8 Å². The van der Waals surface area contributed by atoms with Crippen LogP contribution >= 0.6 is 0 Å². The number of carbonyl (C=O) groups is 1. The summed E-state index contributed by atoms with van der Waals surface area (Å²) < 4.78 is 2.66. The second kappa shape index (κ2) is 4.13. The molecule has 0 saturated carbocycles. The van der Waals surface area contributed by atoms with Gasteiger partial charge in [-0.1, -0.05) is 0 Å². The Morgan fingerprint density at radius 1 is 1.50 bits per heavy atom. The zero-order valence-electron chi connectivity index (χ0n) is 9.54. The lowest BCUT2D eigenvalue weighted by molar-refractivity contribution is -0.157. The summed E-state index contributed by atoms with van der Waals surface area (Å²) in [6.45, 7) is 4.59. The standard InChI is InChI=1S/C10H16N2O4/c1-7(2)12-5-4-11(9(12)15)6-10(3,16)8(13)14/h4-5,7,16H,6H2,1-3H3,(H,13,14). The van der Waals surface area contributed by atoms with Crippen molar-refractivity contribution in [1.29, 1.82) is 0 Å². The molecule has 1 atom stereocenters. The monoisotopic (exact) mass is 228 g/mol. The van der Waals surface area contributed by atoms with Crippen LogP contribution in [-0.4, -0.2) is 30.9 Å². The fourth-order valence-electron chi connectivity index (χ4n) is 1.34. The van der Waals surface area contributed by atoms with Gasteiger partial charge in [0.15, 0.2) is 5.60 Å². The van der Waals surface area contributed by atoms with E-state index in [1.54, 1.807) is 6.20 Å². The van der Waals surface area contributed by atoms with Crippen LogP contribution in [0.4, 0.5) is 0 Å². The van der Waals surface area contributed by atoms with Gasteiger partial charge in [0, 0.05) is 18.4 Å². The summed E-state index contributed by atoms with van der Waals surface area (Å²) in [6.07, 6.45) is 3.05. The zero-order chi connectivity index (χ0) is 12.5. The van der Waals surface area contributed by atoms with Crippen molar-refractivity contribution in [2.45, 2.75) is 39.0 Å². The van der Waals surface area contributed by atoms with Gasteiger partial charge in [0.05, 0.1) is 6.54 Å². The predicted octanol–water partition coefficient (Wildman–Crippen LogP) is 0.0663. The zero-order valence-corrected chi connectivity index (χ0v) is 9.54. The lowest BCUT2D eigenvalue weighted by Gasteiger charge is -2.17. The molecule has 0 aliphatic rings. The topological polar surface area (TPSA) is 84.5 Å². The molecule has 1 aromatic rings. The van der Waals surface area contributed by atoms with E-state index in [1.165, 1.54) is 15.3 Å². The van der Waals surface area contributed by atoms with E-state index in [1.807, 2.05) is 13.8 Å². The first kappa shape index (κ1) is 12.5. The van der Waals surface area contributed by atoms with E-state index < -0.39 is 11.6 Å². The van der Waals surface area contributed by atoms with Gasteiger partial charge in [0.1, 0.15) is 0 Å². The molecule has 2 N–H and O–H groups in total. The van der Waals surface area contributed by atoms with Crippen molar-refractivity contribution in [2.75, 3.05) is 0 Å². The Morgan fingerprint density at radius 2 is 2.06 bits per heavy atom. The smallest absolute Gasteiger partial charge is 0.337 e. The summed E-state index contributed by atoms with van der Waals surface area (Å²) in [5.74, 6) is -1.35. The van der Waals surface area contributed by atoms with Crippen LogP contribution in [0.3, 0.4) is 0 Å². The van der Waals surface area contributed by atoms with Gasteiger partial charge in [0.2, 0.25) is 0 Å². The molecule has 0 radical (unpaired) electrons. The maximum atomic E-state index is 11.7. The number of aliphatic hydroxyl groups is 1. The van der Waals surface area contributed by atoms with Gasteiger partial charge >= 0.3 is 11.7 Å². The number of nitrogens with zero attached hydrogens (tertiary/aromatic N) is 2. The normalized spacial score (nSPS) is 15.1. The number of carboxylic acid groups (broad SMARTS) is 1. The van der Waals surface area contributed by atoms with Gasteiger partial charge in [-0.15, -0.1) is 0 Å². The SMILES string of the molecule is CC(C)n1ccn(CC(C)(O)C(=O)O)c1=O. The number of imidazole rings is 1. The summed E-state index contributed by atoms with van der Waals surface area (Å²) in [5.41, 5.74) is -2.26. The Morgan fingerprint density at radius 3 is 2.44 bits per heavy atom. The number of aromatic nitrogens is 2. The molecule has 90 valence electrons. The summed E-state index contributed by atoms with van der Waals surface area (Å²) >= 11 is 0. The number of hydrogen-bond acceptors (Lipinski definition) is 3. The van der Waals surface area contributed by atoms with Crippen LogP contribution in [0.25, 0.3) is 0 Å². The van der Waals surface area contributed by atoms with E-state index >= 15 is 0 Å².